The van der Waals surface area contributed by atoms with Crippen molar-refractivity contribution in [3.05, 3.63) is 64.9 Å². The molecule has 1 N–H and O–H groups in total. The van der Waals surface area contributed by atoms with Crippen LogP contribution in [0.2, 0.25) is 5.02 Å². The van der Waals surface area contributed by atoms with Gasteiger partial charge in [0.15, 0.2) is 0 Å². The molecular formula is C16H15ClFNOS. The second-order valence-electron chi connectivity index (χ2n) is 4.56. The molecule has 0 aliphatic heterocycles. The average molecular weight is 324 g/mol. The van der Waals surface area contributed by atoms with Crippen LogP contribution in [0.25, 0.3) is 0 Å². The summed E-state index contributed by atoms with van der Waals surface area (Å²) in [7, 11) is 0. The number of thioether (sulfide) groups is 1. The van der Waals surface area contributed by atoms with Crippen LogP contribution in [0.15, 0.2) is 53.4 Å². The number of carbonyl (C=O) groups excluding carboxylic acids is 1. The predicted molar refractivity (Wildman–Crippen MR) is 85.1 cm³/mol. The van der Waals surface area contributed by atoms with E-state index < -0.39 is 0 Å². The zero-order valence-electron chi connectivity index (χ0n) is 11.5. The van der Waals surface area contributed by atoms with Gasteiger partial charge in [0.25, 0.3) is 0 Å². The minimum atomic E-state index is -0.387. The van der Waals surface area contributed by atoms with E-state index in [-0.39, 0.29) is 17.8 Å². The zero-order chi connectivity index (χ0) is 15.2. The third-order valence-electron chi connectivity index (χ3n) is 2.92. The fraction of sp³-hybridized carbons (Fsp3) is 0.188. The first kappa shape index (κ1) is 15.9. The van der Waals surface area contributed by atoms with Gasteiger partial charge >= 0.3 is 0 Å². The number of nitrogens with one attached hydrogen (secondary N) is 1. The SMILES string of the molecule is CC(NC(=O)CSc1ccccc1)c1ccc(F)cc1Cl. The van der Waals surface area contributed by atoms with Crippen molar-refractivity contribution in [2.45, 2.75) is 17.9 Å². The lowest BCUT2D eigenvalue weighted by Crippen LogP contribution is -2.28. The molecule has 21 heavy (non-hydrogen) atoms. The number of rotatable bonds is 5. The molecule has 0 heterocycles. The molecule has 2 nitrogen and oxygen atoms in total. The van der Waals surface area contributed by atoms with Gasteiger partial charge in [-0.25, -0.2) is 4.39 Å². The van der Waals surface area contributed by atoms with Crippen molar-refractivity contribution < 1.29 is 9.18 Å². The van der Waals surface area contributed by atoms with Gasteiger partial charge in [-0.1, -0.05) is 35.9 Å². The minimum Gasteiger partial charge on any atom is -0.349 e. The van der Waals surface area contributed by atoms with Gasteiger partial charge in [-0.05, 0) is 36.8 Å². The Hall–Kier alpha value is -1.52. The standard InChI is InChI=1S/C16H15ClFNOS/c1-11(14-8-7-12(18)9-15(14)17)19-16(20)10-21-13-5-3-2-4-6-13/h2-9,11H,10H2,1H3,(H,19,20). The molecule has 0 saturated heterocycles. The Labute approximate surface area is 132 Å². The van der Waals surface area contributed by atoms with Crippen LogP contribution in [0, 0.1) is 5.82 Å². The first-order chi connectivity index (χ1) is 10.1. The van der Waals surface area contributed by atoms with Crippen molar-refractivity contribution in [1.29, 1.82) is 0 Å². The molecule has 1 amide bonds. The summed E-state index contributed by atoms with van der Waals surface area (Å²) in [5.74, 6) is -0.147. The molecule has 0 spiro atoms. The second kappa shape index (κ2) is 7.48. The number of amides is 1. The summed E-state index contributed by atoms with van der Waals surface area (Å²) in [6.07, 6.45) is 0. The van der Waals surface area contributed by atoms with Crippen LogP contribution < -0.4 is 5.32 Å². The predicted octanol–water partition coefficient (Wildman–Crippen LogP) is 4.45. The monoisotopic (exact) mass is 323 g/mol. The second-order valence-corrected chi connectivity index (χ2v) is 6.01. The highest BCUT2D eigenvalue weighted by atomic mass is 35.5. The highest BCUT2D eigenvalue weighted by Gasteiger charge is 2.13. The summed E-state index contributed by atoms with van der Waals surface area (Å²) in [6, 6.07) is 13.6. The Morgan fingerprint density at radius 1 is 1.29 bits per heavy atom. The summed E-state index contributed by atoms with van der Waals surface area (Å²) in [6.45, 7) is 1.82. The molecule has 5 heteroatoms. The fourth-order valence-corrected chi connectivity index (χ4v) is 2.94. The van der Waals surface area contributed by atoms with Crippen LogP contribution in [0.3, 0.4) is 0 Å². The molecule has 0 aliphatic carbocycles. The Bertz CT molecular complexity index is 621. The Morgan fingerprint density at radius 2 is 2.00 bits per heavy atom. The molecule has 0 aromatic heterocycles. The van der Waals surface area contributed by atoms with E-state index in [1.807, 2.05) is 37.3 Å². The fourth-order valence-electron chi connectivity index (χ4n) is 1.88. The lowest BCUT2D eigenvalue weighted by atomic mass is 10.1. The van der Waals surface area contributed by atoms with Crippen molar-refractivity contribution in [3.63, 3.8) is 0 Å². The highest BCUT2D eigenvalue weighted by Crippen LogP contribution is 2.24. The van der Waals surface area contributed by atoms with Crippen molar-refractivity contribution in [2.24, 2.45) is 0 Å². The molecule has 0 radical (unpaired) electrons. The molecule has 0 aliphatic rings. The zero-order valence-corrected chi connectivity index (χ0v) is 13.0. The maximum Gasteiger partial charge on any atom is 0.230 e. The molecule has 110 valence electrons. The van der Waals surface area contributed by atoms with Crippen molar-refractivity contribution in [1.82, 2.24) is 5.32 Å². The van der Waals surface area contributed by atoms with Gasteiger partial charge in [-0.3, -0.25) is 4.79 Å². The molecule has 0 bridgehead atoms. The first-order valence-corrected chi connectivity index (χ1v) is 7.85. The van der Waals surface area contributed by atoms with Crippen LogP contribution in [0.4, 0.5) is 4.39 Å². The third-order valence-corrected chi connectivity index (χ3v) is 4.26. The van der Waals surface area contributed by atoms with E-state index in [1.165, 1.54) is 23.9 Å². The molecule has 0 saturated carbocycles. The Kier molecular flexibility index (Phi) is 5.65. The number of benzene rings is 2. The van der Waals surface area contributed by atoms with E-state index in [2.05, 4.69) is 5.32 Å². The van der Waals surface area contributed by atoms with E-state index in [1.54, 1.807) is 6.07 Å². The van der Waals surface area contributed by atoms with Gasteiger partial charge < -0.3 is 5.32 Å². The summed E-state index contributed by atoms with van der Waals surface area (Å²) in [5, 5.41) is 3.18. The van der Waals surface area contributed by atoms with Gasteiger partial charge in [0.1, 0.15) is 5.82 Å². The van der Waals surface area contributed by atoms with Crippen LogP contribution in [0.1, 0.15) is 18.5 Å². The van der Waals surface area contributed by atoms with Gasteiger partial charge in [-0.15, -0.1) is 11.8 Å². The van der Waals surface area contributed by atoms with E-state index in [0.717, 1.165) is 4.90 Å². The Morgan fingerprint density at radius 3 is 2.67 bits per heavy atom. The van der Waals surface area contributed by atoms with E-state index in [9.17, 15) is 9.18 Å². The van der Waals surface area contributed by atoms with E-state index in [0.29, 0.717) is 16.3 Å². The number of halogens is 2. The molecule has 2 rings (SSSR count). The smallest absolute Gasteiger partial charge is 0.230 e. The molecular weight excluding hydrogens is 309 g/mol. The lowest BCUT2D eigenvalue weighted by Gasteiger charge is -2.15. The number of hydrogen-bond donors (Lipinski definition) is 1. The average Bonchev–Trinajstić information content (AvgIpc) is 2.46. The quantitative estimate of drug-likeness (QED) is 0.824. The van der Waals surface area contributed by atoms with Crippen LogP contribution >= 0.6 is 23.4 Å². The van der Waals surface area contributed by atoms with Crippen molar-refractivity contribution in [2.75, 3.05) is 5.75 Å². The molecule has 1 unspecified atom stereocenters. The van der Waals surface area contributed by atoms with E-state index in [4.69, 9.17) is 11.6 Å². The normalized spacial score (nSPS) is 12.0. The highest BCUT2D eigenvalue weighted by molar-refractivity contribution is 8.00. The first-order valence-electron chi connectivity index (χ1n) is 6.48. The van der Waals surface area contributed by atoms with Crippen molar-refractivity contribution >= 4 is 29.3 Å². The van der Waals surface area contributed by atoms with Crippen LogP contribution in [-0.2, 0) is 4.79 Å². The largest absolute Gasteiger partial charge is 0.349 e. The number of hydrogen-bond acceptors (Lipinski definition) is 2. The maximum atomic E-state index is 13.0. The number of carbonyl (C=O) groups is 1. The van der Waals surface area contributed by atoms with Gasteiger partial charge in [0, 0.05) is 9.92 Å². The van der Waals surface area contributed by atoms with Crippen LogP contribution in [-0.4, -0.2) is 11.7 Å². The maximum absolute atomic E-state index is 13.0. The third kappa shape index (κ3) is 4.76. The molecule has 2 aromatic carbocycles. The van der Waals surface area contributed by atoms with Gasteiger partial charge in [0.2, 0.25) is 5.91 Å². The van der Waals surface area contributed by atoms with E-state index >= 15 is 0 Å². The summed E-state index contributed by atoms with van der Waals surface area (Å²) in [4.78, 5) is 13.0. The summed E-state index contributed by atoms with van der Waals surface area (Å²) in [5.41, 5.74) is 0.705. The minimum absolute atomic E-state index is 0.0863. The topological polar surface area (TPSA) is 29.1 Å². The summed E-state index contributed by atoms with van der Waals surface area (Å²) < 4.78 is 13.0. The van der Waals surface area contributed by atoms with Crippen molar-refractivity contribution in [3.8, 4) is 0 Å². The molecule has 0 fully saturated rings. The Balaban J connectivity index is 1.90. The van der Waals surface area contributed by atoms with Crippen LogP contribution in [0.5, 0.6) is 0 Å². The molecule has 1 atom stereocenters. The lowest BCUT2D eigenvalue weighted by molar-refractivity contribution is -0.119. The molecule has 2 aromatic rings. The van der Waals surface area contributed by atoms with Gasteiger partial charge in [-0.2, -0.15) is 0 Å². The van der Waals surface area contributed by atoms with Gasteiger partial charge in [0.05, 0.1) is 11.8 Å². The summed E-state index contributed by atoms with van der Waals surface area (Å²) >= 11 is 7.45.